The predicted octanol–water partition coefficient (Wildman–Crippen LogP) is 4.86. The largest absolute Gasteiger partial charge is 0.496 e. The molecule has 0 aliphatic heterocycles. The normalized spacial score (nSPS) is 19.0. The molecule has 1 fully saturated rings. The van der Waals surface area contributed by atoms with Gasteiger partial charge >= 0.3 is 0 Å². The van der Waals surface area contributed by atoms with Gasteiger partial charge in [0.15, 0.2) is 0 Å². The molecule has 1 saturated carbocycles. The van der Waals surface area contributed by atoms with Crippen LogP contribution in [0.2, 0.25) is 0 Å². The van der Waals surface area contributed by atoms with Gasteiger partial charge in [-0.3, -0.25) is 0 Å². The highest BCUT2D eigenvalue weighted by Crippen LogP contribution is 2.42. The molecule has 0 N–H and O–H groups in total. The van der Waals surface area contributed by atoms with Crippen LogP contribution in [0.3, 0.4) is 0 Å². The van der Waals surface area contributed by atoms with E-state index in [1.807, 2.05) is 6.07 Å². The summed E-state index contributed by atoms with van der Waals surface area (Å²) in [7, 11) is 1.72. The van der Waals surface area contributed by atoms with Gasteiger partial charge in [0.05, 0.1) is 12.5 Å². The minimum Gasteiger partial charge on any atom is -0.496 e. The minimum absolute atomic E-state index is 0.102. The first-order chi connectivity index (χ1) is 8.22. The van der Waals surface area contributed by atoms with E-state index in [2.05, 4.69) is 19.1 Å². The maximum absolute atomic E-state index is 6.66. The van der Waals surface area contributed by atoms with Crippen molar-refractivity contribution < 1.29 is 4.74 Å². The zero-order valence-electron chi connectivity index (χ0n) is 10.7. The molecule has 0 aromatic heterocycles. The molecule has 2 rings (SSSR count). The van der Waals surface area contributed by atoms with Crippen LogP contribution >= 0.6 is 11.6 Å². The fourth-order valence-corrected chi connectivity index (χ4v) is 3.17. The monoisotopic (exact) mass is 252 g/mol. The lowest BCUT2D eigenvalue weighted by molar-refractivity contribution is 0.340. The van der Waals surface area contributed by atoms with Gasteiger partial charge in [0.2, 0.25) is 0 Å². The summed E-state index contributed by atoms with van der Waals surface area (Å²) in [6, 6.07) is 6.28. The van der Waals surface area contributed by atoms with Crippen molar-refractivity contribution in [1.29, 1.82) is 0 Å². The van der Waals surface area contributed by atoms with Crippen molar-refractivity contribution in [3.8, 4) is 5.75 Å². The third-order valence-corrected chi connectivity index (χ3v) is 4.34. The summed E-state index contributed by atoms with van der Waals surface area (Å²) < 4.78 is 5.43. The third kappa shape index (κ3) is 2.95. The van der Waals surface area contributed by atoms with Crippen LogP contribution in [0.4, 0.5) is 0 Å². The van der Waals surface area contributed by atoms with Gasteiger partial charge in [0, 0.05) is 5.56 Å². The highest BCUT2D eigenvalue weighted by atomic mass is 35.5. The molecule has 0 saturated heterocycles. The van der Waals surface area contributed by atoms with Crippen LogP contribution < -0.4 is 4.74 Å². The Balaban J connectivity index is 2.21. The predicted molar refractivity (Wildman–Crippen MR) is 72.9 cm³/mol. The molecule has 2 heteroatoms. The number of methoxy groups -OCH3 is 1. The summed E-state index contributed by atoms with van der Waals surface area (Å²) >= 11 is 6.66. The number of hydrogen-bond acceptors (Lipinski definition) is 1. The first-order valence-corrected chi connectivity index (χ1v) is 6.94. The topological polar surface area (TPSA) is 9.23 Å². The van der Waals surface area contributed by atoms with Crippen molar-refractivity contribution in [2.45, 2.75) is 44.4 Å². The second kappa shape index (κ2) is 5.77. The second-order valence-electron chi connectivity index (χ2n) is 5.05. The first-order valence-electron chi connectivity index (χ1n) is 6.51. The first kappa shape index (κ1) is 12.8. The molecule has 1 nitrogen and oxygen atoms in total. The van der Waals surface area contributed by atoms with Crippen LogP contribution in [-0.4, -0.2) is 7.11 Å². The van der Waals surface area contributed by atoms with E-state index in [0.717, 1.165) is 5.75 Å². The Bertz CT molecular complexity index is 369. The lowest BCUT2D eigenvalue weighted by Crippen LogP contribution is -2.13. The van der Waals surface area contributed by atoms with Crippen molar-refractivity contribution in [3.05, 3.63) is 29.3 Å². The fourth-order valence-electron chi connectivity index (χ4n) is 2.75. The van der Waals surface area contributed by atoms with E-state index in [1.165, 1.54) is 43.2 Å². The van der Waals surface area contributed by atoms with Gasteiger partial charge < -0.3 is 4.74 Å². The zero-order chi connectivity index (χ0) is 12.3. The van der Waals surface area contributed by atoms with E-state index in [4.69, 9.17) is 16.3 Å². The highest BCUT2D eigenvalue weighted by molar-refractivity contribution is 6.21. The van der Waals surface area contributed by atoms with Gasteiger partial charge in [-0.25, -0.2) is 0 Å². The molecular formula is C15H21ClO. The average molecular weight is 253 g/mol. The van der Waals surface area contributed by atoms with Gasteiger partial charge in [-0.2, -0.15) is 0 Å². The Morgan fingerprint density at radius 2 is 1.94 bits per heavy atom. The minimum atomic E-state index is 0.102. The summed E-state index contributed by atoms with van der Waals surface area (Å²) in [5, 5.41) is 0.102. The molecule has 94 valence electrons. The number of rotatable bonds is 3. The van der Waals surface area contributed by atoms with E-state index >= 15 is 0 Å². The lowest BCUT2D eigenvalue weighted by atomic mass is 9.84. The smallest absolute Gasteiger partial charge is 0.123 e. The molecule has 0 amide bonds. The standard InChI is InChI=1S/C15H21ClO/c1-11-8-9-14(17-2)13(10-11)15(16)12-6-4-3-5-7-12/h8-10,12,15H,3-7H2,1-2H3. The fraction of sp³-hybridized carbons (Fsp3) is 0.600. The molecule has 17 heavy (non-hydrogen) atoms. The second-order valence-corrected chi connectivity index (χ2v) is 5.52. The van der Waals surface area contributed by atoms with Crippen molar-refractivity contribution in [1.82, 2.24) is 0 Å². The number of alkyl halides is 1. The Kier molecular flexibility index (Phi) is 4.33. The number of ether oxygens (including phenoxy) is 1. The molecule has 1 aliphatic rings. The van der Waals surface area contributed by atoms with Crippen molar-refractivity contribution in [2.24, 2.45) is 5.92 Å². The molecule has 0 bridgehead atoms. The zero-order valence-corrected chi connectivity index (χ0v) is 11.5. The van der Waals surface area contributed by atoms with Gasteiger partial charge in [-0.15, -0.1) is 11.6 Å². The van der Waals surface area contributed by atoms with Crippen LogP contribution in [0.1, 0.15) is 48.6 Å². The molecule has 1 aliphatic carbocycles. The van der Waals surface area contributed by atoms with Crippen LogP contribution in [0, 0.1) is 12.8 Å². The molecule has 0 heterocycles. The number of hydrogen-bond donors (Lipinski definition) is 0. The van der Waals surface area contributed by atoms with E-state index in [1.54, 1.807) is 7.11 Å². The van der Waals surface area contributed by atoms with Crippen LogP contribution in [0.5, 0.6) is 5.75 Å². The summed E-state index contributed by atoms with van der Waals surface area (Å²) in [4.78, 5) is 0. The van der Waals surface area contributed by atoms with Crippen molar-refractivity contribution in [2.75, 3.05) is 7.11 Å². The summed E-state index contributed by atoms with van der Waals surface area (Å²) in [5.74, 6) is 1.54. The van der Waals surface area contributed by atoms with Crippen LogP contribution in [0.15, 0.2) is 18.2 Å². The van der Waals surface area contributed by atoms with Crippen LogP contribution in [0.25, 0.3) is 0 Å². The Labute approximate surface area is 109 Å². The van der Waals surface area contributed by atoms with Gasteiger partial charge in [-0.05, 0) is 31.7 Å². The maximum Gasteiger partial charge on any atom is 0.123 e. The molecule has 1 aromatic carbocycles. The summed E-state index contributed by atoms with van der Waals surface area (Å²) in [6.45, 7) is 2.10. The average Bonchev–Trinajstić information content (AvgIpc) is 2.39. The Morgan fingerprint density at radius 3 is 2.59 bits per heavy atom. The van der Waals surface area contributed by atoms with E-state index < -0.39 is 0 Å². The third-order valence-electron chi connectivity index (χ3n) is 3.75. The van der Waals surface area contributed by atoms with Gasteiger partial charge in [-0.1, -0.05) is 37.0 Å². The van der Waals surface area contributed by atoms with Gasteiger partial charge in [0.1, 0.15) is 5.75 Å². The molecule has 0 spiro atoms. The molecule has 1 unspecified atom stereocenters. The molecular weight excluding hydrogens is 232 g/mol. The highest BCUT2D eigenvalue weighted by Gasteiger charge is 2.25. The van der Waals surface area contributed by atoms with Crippen molar-refractivity contribution >= 4 is 11.6 Å². The van der Waals surface area contributed by atoms with E-state index in [9.17, 15) is 0 Å². The Morgan fingerprint density at radius 1 is 1.24 bits per heavy atom. The molecule has 0 radical (unpaired) electrons. The molecule has 1 aromatic rings. The Hall–Kier alpha value is -0.690. The number of aryl methyl sites for hydroxylation is 1. The van der Waals surface area contributed by atoms with Gasteiger partial charge in [0.25, 0.3) is 0 Å². The summed E-state index contributed by atoms with van der Waals surface area (Å²) in [6.07, 6.45) is 6.52. The van der Waals surface area contributed by atoms with Crippen molar-refractivity contribution in [3.63, 3.8) is 0 Å². The molecule has 1 atom stereocenters. The number of benzene rings is 1. The quantitative estimate of drug-likeness (QED) is 0.698. The van der Waals surface area contributed by atoms with Crippen LogP contribution in [-0.2, 0) is 0 Å². The van der Waals surface area contributed by atoms with E-state index in [0.29, 0.717) is 5.92 Å². The van der Waals surface area contributed by atoms with E-state index in [-0.39, 0.29) is 5.38 Å². The number of halogens is 1. The SMILES string of the molecule is COc1ccc(C)cc1C(Cl)C1CCCCC1. The lowest BCUT2D eigenvalue weighted by Gasteiger charge is -2.27. The maximum atomic E-state index is 6.66. The summed E-state index contributed by atoms with van der Waals surface area (Å²) in [5.41, 5.74) is 2.42.